The average molecular weight is 470 g/mol. The van der Waals surface area contributed by atoms with E-state index in [0.29, 0.717) is 36.7 Å². The zero-order valence-corrected chi connectivity index (χ0v) is 19.2. The maximum atomic E-state index is 12.4. The summed E-state index contributed by atoms with van der Waals surface area (Å²) >= 11 is 1.58. The smallest absolute Gasteiger partial charge is 0.248 e. The number of rotatable bonds is 7. The number of thiazole rings is 1. The molecule has 9 heteroatoms. The van der Waals surface area contributed by atoms with Crippen LogP contribution >= 0.6 is 11.3 Å². The molecule has 0 atom stereocenters. The lowest BCUT2D eigenvalue weighted by Crippen LogP contribution is -2.24. The van der Waals surface area contributed by atoms with Crippen molar-refractivity contribution < 1.29 is 17.9 Å². The Morgan fingerprint density at radius 3 is 2.69 bits per heavy atom. The fraction of sp³-hybridized carbons (Fsp3) is 0.217. The molecule has 1 aromatic heterocycles. The molecule has 32 heavy (non-hydrogen) atoms. The summed E-state index contributed by atoms with van der Waals surface area (Å²) in [5.41, 5.74) is 2.85. The molecule has 0 saturated carbocycles. The van der Waals surface area contributed by atoms with Crippen molar-refractivity contribution in [1.82, 2.24) is 4.98 Å². The van der Waals surface area contributed by atoms with Gasteiger partial charge in [-0.2, -0.15) is 0 Å². The van der Waals surface area contributed by atoms with Gasteiger partial charge in [-0.3, -0.25) is 9.10 Å². The van der Waals surface area contributed by atoms with Crippen LogP contribution in [0, 0.1) is 6.92 Å². The first-order valence-electron chi connectivity index (χ1n) is 10.1. The minimum atomic E-state index is -3.22. The van der Waals surface area contributed by atoms with E-state index in [4.69, 9.17) is 4.74 Å². The first kappa shape index (κ1) is 22.0. The molecule has 1 saturated heterocycles. The van der Waals surface area contributed by atoms with Crippen molar-refractivity contribution in [3.8, 4) is 5.75 Å². The number of ether oxygens (including phenoxy) is 1. The van der Waals surface area contributed by atoms with E-state index in [2.05, 4.69) is 10.3 Å². The second-order valence-electron chi connectivity index (χ2n) is 7.30. The molecule has 0 unspecified atom stereocenters. The van der Waals surface area contributed by atoms with E-state index in [-0.39, 0.29) is 11.7 Å². The van der Waals surface area contributed by atoms with E-state index in [1.807, 2.05) is 36.6 Å². The molecule has 7 nitrogen and oxygen atoms in total. The summed E-state index contributed by atoms with van der Waals surface area (Å²) in [6.45, 7) is 2.80. The topological polar surface area (TPSA) is 88.6 Å². The number of carbonyl (C=O) groups is 1. The molecule has 3 aromatic rings. The molecule has 1 aliphatic heterocycles. The van der Waals surface area contributed by atoms with Crippen LogP contribution in [-0.2, 0) is 21.4 Å². The minimum absolute atomic E-state index is 0.172. The van der Waals surface area contributed by atoms with Gasteiger partial charge in [0.25, 0.3) is 0 Å². The Morgan fingerprint density at radius 2 is 2.00 bits per heavy atom. The Bertz CT molecular complexity index is 1230. The number of aromatic nitrogens is 1. The molecule has 2 aromatic carbocycles. The van der Waals surface area contributed by atoms with Crippen molar-refractivity contribution >= 4 is 44.7 Å². The summed E-state index contributed by atoms with van der Waals surface area (Å²) in [5, 5.41) is 5.74. The monoisotopic (exact) mass is 469 g/mol. The average Bonchev–Trinajstić information content (AvgIpc) is 3.36. The van der Waals surface area contributed by atoms with Crippen LogP contribution in [0.3, 0.4) is 0 Å². The maximum Gasteiger partial charge on any atom is 0.248 e. The standard InChI is InChI=1S/C23H23N3O4S2/c1-17-24-20(16-31-17)15-30-22-6-3-2-5-18(22)7-12-23(27)25-19-8-10-21(11-9-19)26-13-4-14-32(26,28)29/h2-3,5-12,16H,4,13-15H2,1H3,(H,25,27)/b12-7+. The van der Waals surface area contributed by atoms with Gasteiger partial charge in [0.05, 0.1) is 22.1 Å². The number of nitrogens with one attached hydrogen (secondary N) is 1. The van der Waals surface area contributed by atoms with Crippen LogP contribution in [0.5, 0.6) is 5.75 Å². The lowest BCUT2D eigenvalue weighted by molar-refractivity contribution is -0.111. The van der Waals surface area contributed by atoms with Gasteiger partial charge < -0.3 is 10.1 Å². The third kappa shape index (κ3) is 5.35. The van der Waals surface area contributed by atoms with Crippen LogP contribution in [0.2, 0.25) is 0 Å². The highest BCUT2D eigenvalue weighted by Gasteiger charge is 2.28. The van der Waals surface area contributed by atoms with E-state index in [0.717, 1.165) is 16.3 Å². The highest BCUT2D eigenvalue weighted by molar-refractivity contribution is 7.93. The maximum absolute atomic E-state index is 12.4. The van der Waals surface area contributed by atoms with Gasteiger partial charge in [0.15, 0.2) is 0 Å². The fourth-order valence-electron chi connectivity index (χ4n) is 3.37. The fourth-order valence-corrected chi connectivity index (χ4v) is 5.53. The van der Waals surface area contributed by atoms with Crippen LogP contribution < -0.4 is 14.4 Å². The highest BCUT2D eigenvalue weighted by Crippen LogP contribution is 2.25. The molecule has 1 amide bonds. The lowest BCUT2D eigenvalue weighted by atomic mass is 10.2. The van der Waals surface area contributed by atoms with Gasteiger partial charge in [-0.25, -0.2) is 13.4 Å². The van der Waals surface area contributed by atoms with Gasteiger partial charge in [-0.15, -0.1) is 11.3 Å². The van der Waals surface area contributed by atoms with Crippen molar-refractivity contribution in [3.05, 3.63) is 76.3 Å². The van der Waals surface area contributed by atoms with Crippen molar-refractivity contribution in [2.24, 2.45) is 0 Å². The quantitative estimate of drug-likeness (QED) is 0.524. The number of carbonyl (C=O) groups excluding carboxylic acids is 1. The zero-order valence-electron chi connectivity index (χ0n) is 17.5. The number of aryl methyl sites for hydroxylation is 1. The Hall–Kier alpha value is -3.17. The first-order chi connectivity index (χ1) is 15.4. The Labute approximate surface area is 191 Å². The highest BCUT2D eigenvalue weighted by atomic mass is 32.2. The number of benzene rings is 2. The number of sulfonamides is 1. The summed E-state index contributed by atoms with van der Waals surface area (Å²) in [7, 11) is -3.22. The van der Waals surface area contributed by atoms with Gasteiger partial charge in [0.1, 0.15) is 12.4 Å². The van der Waals surface area contributed by atoms with Crippen molar-refractivity contribution in [1.29, 1.82) is 0 Å². The molecule has 0 aliphatic carbocycles. The van der Waals surface area contributed by atoms with Crippen LogP contribution in [0.25, 0.3) is 6.08 Å². The lowest BCUT2D eigenvalue weighted by Gasteiger charge is -2.17. The molecule has 0 spiro atoms. The van der Waals surface area contributed by atoms with Crippen molar-refractivity contribution in [3.63, 3.8) is 0 Å². The Kier molecular flexibility index (Phi) is 6.57. The molecule has 1 N–H and O–H groups in total. The molecule has 4 rings (SSSR count). The molecular formula is C23H23N3O4S2. The van der Waals surface area contributed by atoms with Gasteiger partial charge in [0, 0.05) is 29.3 Å². The predicted molar refractivity (Wildman–Crippen MR) is 127 cm³/mol. The summed E-state index contributed by atoms with van der Waals surface area (Å²) in [4.78, 5) is 16.8. The van der Waals surface area contributed by atoms with Crippen LogP contribution in [0.1, 0.15) is 22.7 Å². The summed E-state index contributed by atoms with van der Waals surface area (Å²) < 4.78 is 31.3. The molecule has 2 heterocycles. The number of anilines is 2. The minimum Gasteiger partial charge on any atom is -0.487 e. The van der Waals surface area contributed by atoms with Gasteiger partial charge >= 0.3 is 0 Å². The van der Waals surface area contributed by atoms with Crippen LogP contribution in [0.4, 0.5) is 11.4 Å². The van der Waals surface area contributed by atoms with E-state index < -0.39 is 10.0 Å². The van der Waals surface area contributed by atoms with E-state index in [9.17, 15) is 13.2 Å². The Balaban J connectivity index is 1.37. The third-order valence-corrected chi connectivity index (χ3v) is 7.59. The number of amides is 1. The van der Waals surface area contributed by atoms with E-state index in [1.165, 1.54) is 10.4 Å². The second kappa shape index (κ2) is 9.54. The molecule has 1 aliphatic rings. The second-order valence-corrected chi connectivity index (χ2v) is 10.4. The van der Waals surface area contributed by atoms with Gasteiger partial charge in [0.2, 0.25) is 15.9 Å². The number of para-hydroxylation sites is 1. The zero-order chi connectivity index (χ0) is 22.6. The van der Waals surface area contributed by atoms with E-state index in [1.54, 1.807) is 41.7 Å². The molecule has 166 valence electrons. The Morgan fingerprint density at radius 1 is 1.22 bits per heavy atom. The molecule has 0 radical (unpaired) electrons. The summed E-state index contributed by atoms with van der Waals surface area (Å²) in [5.74, 6) is 0.542. The van der Waals surface area contributed by atoms with Crippen LogP contribution in [-0.4, -0.2) is 31.6 Å². The first-order valence-corrected chi connectivity index (χ1v) is 12.6. The number of nitrogens with zero attached hydrogens (tertiary/aromatic N) is 2. The normalized spacial score (nSPS) is 15.2. The molecule has 0 bridgehead atoms. The summed E-state index contributed by atoms with van der Waals surface area (Å²) in [6.07, 6.45) is 3.76. The van der Waals surface area contributed by atoms with Gasteiger partial charge in [-0.05, 0) is 49.8 Å². The van der Waals surface area contributed by atoms with E-state index >= 15 is 0 Å². The molecule has 1 fully saturated rings. The van der Waals surface area contributed by atoms with Crippen LogP contribution in [0.15, 0.2) is 60.0 Å². The molecular weight excluding hydrogens is 446 g/mol. The predicted octanol–water partition coefficient (Wildman–Crippen LogP) is 4.22. The summed E-state index contributed by atoms with van der Waals surface area (Å²) in [6, 6.07) is 14.3. The van der Waals surface area contributed by atoms with Crippen molar-refractivity contribution in [2.75, 3.05) is 21.9 Å². The number of hydrogen-bond acceptors (Lipinski definition) is 6. The largest absolute Gasteiger partial charge is 0.487 e. The van der Waals surface area contributed by atoms with Gasteiger partial charge in [-0.1, -0.05) is 18.2 Å². The van der Waals surface area contributed by atoms with Crippen molar-refractivity contribution in [2.45, 2.75) is 20.0 Å². The SMILES string of the molecule is Cc1nc(COc2ccccc2/C=C/C(=O)Nc2ccc(N3CCCS3(=O)=O)cc2)cs1. The third-order valence-electron chi connectivity index (χ3n) is 4.90. The number of hydrogen-bond donors (Lipinski definition) is 1.